The van der Waals surface area contributed by atoms with Crippen LogP contribution in [0.5, 0.6) is 5.75 Å². The lowest BCUT2D eigenvalue weighted by molar-refractivity contribution is -0.155. The van der Waals surface area contributed by atoms with Gasteiger partial charge >= 0.3 is 0 Å². The third-order valence-corrected chi connectivity index (χ3v) is 6.97. The van der Waals surface area contributed by atoms with Crippen molar-refractivity contribution in [3.63, 3.8) is 0 Å². The van der Waals surface area contributed by atoms with Gasteiger partial charge in [0.1, 0.15) is 23.8 Å². The zero-order valence-electron chi connectivity index (χ0n) is 18.0. The van der Waals surface area contributed by atoms with E-state index in [1.54, 1.807) is 12.4 Å². The molecule has 2 unspecified atom stereocenters. The number of aliphatic hydroxyl groups is 1. The quantitative estimate of drug-likeness (QED) is 0.664. The van der Waals surface area contributed by atoms with Crippen molar-refractivity contribution in [3.05, 3.63) is 78.1 Å². The second-order valence-corrected chi connectivity index (χ2v) is 8.96. The molecule has 6 heteroatoms. The Morgan fingerprint density at radius 2 is 1.90 bits per heavy atom. The number of ether oxygens (including phenoxy) is 1. The van der Waals surface area contributed by atoms with Crippen molar-refractivity contribution in [3.8, 4) is 5.75 Å². The number of para-hydroxylation sites is 1. The minimum atomic E-state index is -0.830. The molecule has 2 fully saturated rings. The third kappa shape index (κ3) is 3.86. The number of aromatic nitrogens is 3. The first-order valence-electron chi connectivity index (χ1n) is 11.2. The van der Waals surface area contributed by atoms with Gasteiger partial charge in [0, 0.05) is 74.4 Å². The fraction of sp³-hybridized carbons (Fsp3) is 0.440. The van der Waals surface area contributed by atoms with E-state index < -0.39 is 5.60 Å². The molecule has 1 saturated carbocycles. The molecule has 3 heterocycles. The van der Waals surface area contributed by atoms with Crippen LogP contribution in [0.15, 0.2) is 61.2 Å². The van der Waals surface area contributed by atoms with E-state index in [2.05, 4.69) is 27.0 Å². The predicted molar refractivity (Wildman–Crippen MR) is 118 cm³/mol. The summed E-state index contributed by atoms with van der Waals surface area (Å²) in [6.07, 6.45) is 10.6. The van der Waals surface area contributed by atoms with Gasteiger partial charge in [0.05, 0.1) is 0 Å². The number of nitrogens with zero attached hydrogens (tertiary/aromatic N) is 4. The van der Waals surface area contributed by atoms with Gasteiger partial charge in [-0.05, 0) is 25.0 Å². The van der Waals surface area contributed by atoms with Crippen LogP contribution in [0.1, 0.15) is 36.2 Å². The maximum Gasteiger partial charge on any atom is 0.141 e. The maximum atomic E-state index is 11.8. The Hall–Kier alpha value is -2.70. The highest BCUT2D eigenvalue weighted by atomic mass is 16.5. The SMILES string of the molecule is Cn1ccnc1C1(O)C2CCCC1CN(Cc1ccccc1OCc1cccnc1)C2. The van der Waals surface area contributed by atoms with E-state index in [0.29, 0.717) is 6.61 Å². The first-order chi connectivity index (χ1) is 15.1. The molecule has 1 aliphatic heterocycles. The number of fused-ring (bicyclic) bond motifs is 2. The summed E-state index contributed by atoms with van der Waals surface area (Å²) in [7, 11) is 1.98. The molecule has 1 saturated heterocycles. The number of hydrogen-bond acceptors (Lipinski definition) is 5. The monoisotopic (exact) mass is 418 g/mol. The summed E-state index contributed by atoms with van der Waals surface area (Å²) in [5, 5.41) is 11.8. The number of rotatable bonds is 6. The van der Waals surface area contributed by atoms with Crippen LogP contribution < -0.4 is 4.74 Å². The van der Waals surface area contributed by atoms with Crippen LogP contribution in [0.3, 0.4) is 0 Å². The molecular weight excluding hydrogens is 388 g/mol. The zero-order chi connectivity index (χ0) is 21.3. The summed E-state index contributed by atoms with van der Waals surface area (Å²) >= 11 is 0. The highest BCUT2D eigenvalue weighted by molar-refractivity contribution is 5.33. The van der Waals surface area contributed by atoms with Crippen LogP contribution in [-0.4, -0.2) is 37.6 Å². The van der Waals surface area contributed by atoms with E-state index in [4.69, 9.17) is 4.74 Å². The van der Waals surface area contributed by atoms with E-state index in [9.17, 15) is 5.11 Å². The maximum absolute atomic E-state index is 11.8. The van der Waals surface area contributed by atoms with E-state index in [-0.39, 0.29) is 11.8 Å². The van der Waals surface area contributed by atoms with Crippen molar-refractivity contribution in [1.82, 2.24) is 19.4 Å². The Morgan fingerprint density at radius 1 is 1.10 bits per heavy atom. The van der Waals surface area contributed by atoms with Gasteiger partial charge in [0.25, 0.3) is 0 Å². The summed E-state index contributed by atoms with van der Waals surface area (Å²) in [4.78, 5) is 11.2. The van der Waals surface area contributed by atoms with Crippen LogP contribution in [0, 0.1) is 11.8 Å². The molecule has 31 heavy (non-hydrogen) atoms. The topological polar surface area (TPSA) is 63.4 Å². The molecule has 1 aliphatic carbocycles. The van der Waals surface area contributed by atoms with E-state index >= 15 is 0 Å². The van der Waals surface area contributed by atoms with Gasteiger partial charge in [-0.3, -0.25) is 9.88 Å². The van der Waals surface area contributed by atoms with Gasteiger partial charge in [-0.1, -0.05) is 30.7 Å². The highest BCUT2D eigenvalue weighted by Crippen LogP contribution is 2.48. The number of aryl methyl sites for hydroxylation is 1. The van der Waals surface area contributed by atoms with Gasteiger partial charge in [-0.2, -0.15) is 0 Å². The first-order valence-corrected chi connectivity index (χ1v) is 11.2. The zero-order valence-corrected chi connectivity index (χ0v) is 18.0. The third-order valence-electron chi connectivity index (χ3n) is 6.97. The Morgan fingerprint density at radius 3 is 2.61 bits per heavy atom. The van der Waals surface area contributed by atoms with Crippen LogP contribution in [-0.2, 0) is 25.8 Å². The number of imidazole rings is 1. The van der Waals surface area contributed by atoms with Gasteiger partial charge in [0.2, 0.25) is 0 Å². The lowest BCUT2D eigenvalue weighted by Crippen LogP contribution is -2.58. The van der Waals surface area contributed by atoms with Crippen molar-refractivity contribution in [2.24, 2.45) is 18.9 Å². The minimum Gasteiger partial charge on any atom is -0.489 e. The Bertz CT molecular complexity index is 1010. The summed E-state index contributed by atoms with van der Waals surface area (Å²) in [6, 6.07) is 12.2. The van der Waals surface area contributed by atoms with Crippen molar-refractivity contribution < 1.29 is 9.84 Å². The van der Waals surface area contributed by atoms with Crippen molar-refractivity contribution in [1.29, 1.82) is 0 Å². The van der Waals surface area contributed by atoms with Crippen molar-refractivity contribution in [2.45, 2.75) is 38.0 Å². The average Bonchev–Trinajstić information content (AvgIpc) is 3.21. The fourth-order valence-corrected chi connectivity index (χ4v) is 5.45. The molecule has 1 aromatic carbocycles. The van der Waals surface area contributed by atoms with Crippen LogP contribution in [0.4, 0.5) is 0 Å². The number of piperidine rings is 1. The molecule has 162 valence electrons. The molecule has 0 amide bonds. The smallest absolute Gasteiger partial charge is 0.141 e. The van der Waals surface area contributed by atoms with E-state index in [0.717, 1.165) is 49.6 Å². The van der Waals surface area contributed by atoms with E-state index in [1.807, 2.05) is 48.3 Å². The van der Waals surface area contributed by atoms with Gasteiger partial charge in [0.15, 0.2) is 0 Å². The first kappa shape index (κ1) is 20.2. The average molecular weight is 419 g/mol. The molecule has 2 atom stereocenters. The summed E-state index contributed by atoms with van der Waals surface area (Å²) < 4.78 is 8.13. The predicted octanol–water partition coefficient (Wildman–Crippen LogP) is 3.51. The molecule has 5 rings (SSSR count). The normalized spacial score (nSPS) is 26.0. The molecule has 2 aliphatic rings. The summed E-state index contributed by atoms with van der Waals surface area (Å²) in [6.45, 7) is 3.08. The van der Waals surface area contributed by atoms with Crippen LogP contribution >= 0.6 is 0 Å². The second-order valence-electron chi connectivity index (χ2n) is 8.96. The molecular formula is C25H30N4O2. The largest absolute Gasteiger partial charge is 0.489 e. The summed E-state index contributed by atoms with van der Waals surface area (Å²) in [5.74, 6) is 2.14. The Kier molecular flexibility index (Phi) is 5.50. The number of benzene rings is 1. The van der Waals surface area contributed by atoms with Gasteiger partial charge in [-0.15, -0.1) is 0 Å². The minimum absolute atomic E-state index is 0.199. The standard InChI is InChI=1S/C25H30N4O2/c1-28-13-12-27-24(28)25(30)21-8-4-9-22(25)17-29(16-21)15-20-7-2-3-10-23(20)31-18-19-6-5-11-26-14-19/h2-3,5-7,10-14,21-22,30H,4,8-9,15-18H2,1H3. The Labute approximate surface area is 183 Å². The van der Waals surface area contributed by atoms with E-state index in [1.165, 1.54) is 12.0 Å². The number of likely N-dealkylation sites (tertiary alicyclic amines) is 1. The molecule has 3 aromatic rings. The molecule has 0 radical (unpaired) electrons. The van der Waals surface area contributed by atoms with Crippen LogP contribution in [0.25, 0.3) is 0 Å². The number of pyridine rings is 1. The van der Waals surface area contributed by atoms with Gasteiger partial charge in [-0.25, -0.2) is 4.98 Å². The van der Waals surface area contributed by atoms with Gasteiger partial charge < -0.3 is 14.4 Å². The highest BCUT2D eigenvalue weighted by Gasteiger charge is 2.53. The molecule has 6 nitrogen and oxygen atoms in total. The second kappa shape index (κ2) is 8.44. The molecule has 2 aromatic heterocycles. The molecule has 1 N–H and O–H groups in total. The van der Waals surface area contributed by atoms with Crippen LogP contribution in [0.2, 0.25) is 0 Å². The lowest BCUT2D eigenvalue weighted by Gasteiger charge is -2.52. The van der Waals surface area contributed by atoms with Crippen molar-refractivity contribution in [2.75, 3.05) is 13.1 Å². The Balaban J connectivity index is 1.32. The fourth-order valence-electron chi connectivity index (χ4n) is 5.45. The number of hydrogen-bond donors (Lipinski definition) is 1. The summed E-state index contributed by atoms with van der Waals surface area (Å²) in [5.41, 5.74) is 1.42. The van der Waals surface area contributed by atoms with Crippen molar-refractivity contribution >= 4 is 0 Å². The lowest BCUT2D eigenvalue weighted by atomic mass is 9.65. The molecule has 0 spiro atoms. The molecule has 2 bridgehead atoms.